The Morgan fingerprint density at radius 2 is 0.640 bits per heavy atom. The van der Waals surface area contributed by atoms with Gasteiger partial charge < -0.3 is 28.7 Å². The van der Waals surface area contributed by atoms with Gasteiger partial charge in [-0.05, 0) is 145 Å². The Morgan fingerprint density at radius 3 is 0.977 bits per heavy atom. The molecule has 8 aromatic carbocycles. The van der Waals surface area contributed by atoms with E-state index in [0.717, 1.165) is 166 Å². The number of hydrogen-bond acceptors (Lipinski definition) is 10. The topological polar surface area (TPSA) is 112 Å². The van der Waals surface area contributed by atoms with Gasteiger partial charge in [0.15, 0.2) is 0 Å². The number of rotatable bonds is 27. The van der Waals surface area contributed by atoms with Gasteiger partial charge in [0.25, 0.3) is 0 Å². The molecule has 0 heterocycles. The summed E-state index contributed by atoms with van der Waals surface area (Å²) in [4.78, 5) is 57.9. The average Bonchev–Trinajstić information content (AvgIpc) is 1.00. The molecule has 4 unspecified atom stereocenters. The number of unbranched alkanes of at least 4 members (excludes halogenated alkanes) is 8. The molecule has 10 heteroatoms. The van der Waals surface area contributed by atoms with Crippen LogP contribution in [0.2, 0.25) is 0 Å². The molecule has 0 N–H and O–H groups in total. The van der Waals surface area contributed by atoms with E-state index in [2.05, 4.69) is 207 Å². The molecule has 10 rings (SSSR count). The van der Waals surface area contributed by atoms with Crippen LogP contribution in [0, 0.1) is 0 Å². The molecule has 10 nitrogen and oxygen atoms in total. The lowest BCUT2D eigenvalue weighted by Gasteiger charge is -2.33. The van der Waals surface area contributed by atoms with Gasteiger partial charge in [0, 0.05) is 70.3 Å². The van der Waals surface area contributed by atoms with Crippen LogP contribution in [0.25, 0.3) is 32.7 Å². The van der Waals surface area contributed by atoms with Gasteiger partial charge >= 0.3 is 23.9 Å². The van der Waals surface area contributed by atoms with E-state index in [1.165, 1.54) is 0 Å². The zero-order valence-corrected chi connectivity index (χ0v) is 50.8. The summed E-state index contributed by atoms with van der Waals surface area (Å²) in [5.74, 6) is -0.807. The lowest BCUT2D eigenvalue weighted by atomic mass is 9.86. The normalized spacial score (nSPS) is 16.2. The molecule has 0 radical (unpaired) electrons. The van der Waals surface area contributed by atoms with Crippen molar-refractivity contribution in [1.29, 1.82) is 0 Å². The second-order valence-electron chi connectivity index (χ2n) is 23.3. The van der Waals surface area contributed by atoms with Crippen molar-refractivity contribution in [3.63, 3.8) is 0 Å². The highest BCUT2D eigenvalue weighted by molar-refractivity contribution is 6.00. The summed E-state index contributed by atoms with van der Waals surface area (Å²) in [7, 11) is 0. The SMILES string of the molecule is CCCCCC(=O)OC1CCC(OC(=O)CCCCC)c2cc(N(c3ccc(-c4ccc(N(c5ccc6c(c5)C(OC(=O)CCCCC)CCC6OC(=O)CCCCC)c5cccc6ccccc56)cc4)cc3)c3cccc4ccccc34)ccc21. The summed E-state index contributed by atoms with van der Waals surface area (Å²) in [6, 6.07) is 59.5. The van der Waals surface area contributed by atoms with Gasteiger partial charge in [-0.25, -0.2) is 0 Å². The smallest absolute Gasteiger partial charge is 0.306 e. The highest BCUT2D eigenvalue weighted by Gasteiger charge is 2.35. The van der Waals surface area contributed by atoms with E-state index in [0.29, 0.717) is 51.4 Å². The molecular weight excluding hydrogens is 1070 g/mol. The summed E-state index contributed by atoms with van der Waals surface area (Å²) >= 11 is 0. The molecule has 0 aromatic heterocycles. The fourth-order valence-electron chi connectivity index (χ4n) is 12.5. The molecule has 0 fully saturated rings. The van der Waals surface area contributed by atoms with E-state index >= 15 is 0 Å². The lowest BCUT2D eigenvalue weighted by Crippen LogP contribution is -2.23. The number of esters is 4. The highest BCUT2D eigenvalue weighted by Crippen LogP contribution is 2.48. The van der Waals surface area contributed by atoms with Gasteiger partial charge in [-0.15, -0.1) is 0 Å². The Labute approximate surface area is 508 Å². The van der Waals surface area contributed by atoms with Crippen molar-refractivity contribution in [2.45, 2.75) is 181 Å². The second kappa shape index (κ2) is 29.7. The van der Waals surface area contributed by atoms with Crippen LogP contribution < -0.4 is 9.80 Å². The summed E-state index contributed by atoms with van der Waals surface area (Å²) in [6.45, 7) is 8.50. The van der Waals surface area contributed by atoms with E-state index in [1.54, 1.807) is 0 Å². The number of nitrogens with zero attached hydrogens (tertiary/aromatic N) is 2. The van der Waals surface area contributed by atoms with Gasteiger partial charge in [0.05, 0.1) is 11.4 Å². The second-order valence-corrected chi connectivity index (χ2v) is 23.3. The zero-order valence-electron chi connectivity index (χ0n) is 50.8. The van der Waals surface area contributed by atoms with Crippen LogP contribution >= 0.6 is 0 Å². The maximum atomic E-state index is 13.4. The van der Waals surface area contributed by atoms with Crippen LogP contribution in [0.1, 0.15) is 203 Å². The van der Waals surface area contributed by atoms with E-state index in [-0.39, 0.29) is 23.9 Å². The zero-order chi connectivity index (χ0) is 59.8. The molecule has 0 saturated carbocycles. The van der Waals surface area contributed by atoms with Crippen molar-refractivity contribution < 1.29 is 38.1 Å². The Kier molecular flexibility index (Phi) is 21.0. The molecule has 446 valence electrons. The maximum absolute atomic E-state index is 13.4. The largest absolute Gasteiger partial charge is 0.457 e. The molecule has 0 bridgehead atoms. The fraction of sp³-hybridized carbons (Fsp3) is 0.368. The Balaban J connectivity index is 1.00. The first-order valence-corrected chi connectivity index (χ1v) is 32.0. The summed E-state index contributed by atoms with van der Waals surface area (Å²) in [5.41, 5.74) is 11.2. The minimum Gasteiger partial charge on any atom is -0.457 e. The van der Waals surface area contributed by atoms with E-state index in [1.807, 2.05) is 0 Å². The van der Waals surface area contributed by atoms with Gasteiger partial charge in [-0.1, -0.05) is 188 Å². The quantitative estimate of drug-likeness (QED) is 0.0280. The van der Waals surface area contributed by atoms with Crippen LogP contribution in [0.5, 0.6) is 0 Å². The van der Waals surface area contributed by atoms with Crippen molar-refractivity contribution in [1.82, 2.24) is 0 Å². The summed E-state index contributed by atoms with van der Waals surface area (Å²) < 4.78 is 25.1. The van der Waals surface area contributed by atoms with Crippen LogP contribution in [0.15, 0.2) is 170 Å². The number of carbonyl (C=O) groups is 4. The summed E-state index contributed by atoms with van der Waals surface area (Å²) in [5, 5.41) is 4.38. The predicted octanol–water partition coefficient (Wildman–Crippen LogP) is 20.8. The molecule has 8 aromatic rings. The van der Waals surface area contributed by atoms with E-state index in [9.17, 15) is 19.2 Å². The van der Waals surface area contributed by atoms with Crippen molar-refractivity contribution >= 4 is 79.5 Å². The molecule has 0 saturated heterocycles. The minimum absolute atomic E-state index is 0.197. The minimum atomic E-state index is -0.483. The first-order valence-electron chi connectivity index (χ1n) is 32.0. The van der Waals surface area contributed by atoms with Crippen molar-refractivity contribution in [2.75, 3.05) is 9.80 Å². The van der Waals surface area contributed by atoms with Gasteiger partial charge in [0.1, 0.15) is 24.4 Å². The number of anilines is 6. The van der Waals surface area contributed by atoms with Gasteiger partial charge in [0.2, 0.25) is 0 Å². The molecule has 0 amide bonds. The van der Waals surface area contributed by atoms with E-state index in [4.69, 9.17) is 18.9 Å². The molecule has 2 aliphatic carbocycles. The van der Waals surface area contributed by atoms with Crippen molar-refractivity contribution in [3.8, 4) is 11.1 Å². The monoisotopic (exact) mass is 1150 g/mol. The molecule has 0 aliphatic heterocycles. The number of carbonyl (C=O) groups excluding carboxylic acids is 4. The van der Waals surface area contributed by atoms with Gasteiger partial charge in [-0.2, -0.15) is 0 Å². The first-order chi connectivity index (χ1) is 42.1. The molecule has 2 aliphatic rings. The highest BCUT2D eigenvalue weighted by atomic mass is 16.6. The Bertz CT molecular complexity index is 3350. The van der Waals surface area contributed by atoms with Crippen LogP contribution in [0.3, 0.4) is 0 Å². The Morgan fingerprint density at radius 1 is 0.337 bits per heavy atom. The molecule has 0 spiro atoms. The van der Waals surface area contributed by atoms with Crippen LogP contribution in [-0.2, 0) is 38.1 Å². The van der Waals surface area contributed by atoms with Crippen LogP contribution in [0.4, 0.5) is 34.1 Å². The molecule has 86 heavy (non-hydrogen) atoms. The number of fused-ring (bicyclic) bond motifs is 4. The average molecular weight is 1150 g/mol. The maximum Gasteiger partial charge on any atom is 0.306 e. The van der Waals surface area contributed by atoms with Crippen molar-refractivity contribution in [2.24, 2.45) is 0 Å². The predicted molar refractivity (Wildman–Crippen MR) is 347 cm³/mol. The molecular formula is C76H84N2O8. The standard InChI is InChI=1S/C76H84N2O8/c1-5-9-13-31-73(79)83-69-47-49-71(85-75(81)33-15-11-7-3)65-51-59(43-45-63(65)69)77(67-29-21-25-55-23-17-19-27-61(55)67)57-39-35-53(36-40-57)54-37-41-58(42-38-54)78(68-30-22-26-56-24-18-20-28-62(56)68)60-44-46-64-66(52-60)72(86-76(82)34-16-12-8-4)50-48-70(64)84-74(80)32-14-10-6-2/h17-30,35-46,51-52,69-72H,5-16,31-34,47-50H2,1-4H3. The third-order valence-corrected chi connectivity index (χ3v) is 17.1. The third kappa shape index (κ3) is 14.7. The lowest BCUT2D eigenvalue weighted by molar-refractivity contribution is -0.156. The van der Waals surface area contributed by atoms with Crippen LogP contribution in [-0.4, -0.2) is 23.9 Å². The fourth-order valence-corrected chi connectivity index (χ4v) is 12.5. The first kappa shape index (κ1) is 60.9. The number of hydrogen-bond donors (Lipinski definition) is 0. The van der Waals surface area contributed by atoms with Crippen molar-refractivity contribution in [3.05, 3.63) is 192 Å². The van der Waals surface area contributed by atoms with Gasteiger partial charge in [-0.3, -0.25) is 19.2 Å². The Hall–Kier alpha value is -8.24. The number of benzene rings is 8. The molecule has 4 atom stereocenters. The summed E-state index contributed by atoms with van der Waals surface area (Å²) in [6.07, 6.45) is 13.0. The number of ether oxygens (including phenoxy) is 4. The third-order valence-electron chi connectivity index (χ3n) is 17.1. The van der Waals surface area contributed by atoms with E-state index < -0.39 is 24.4 Å².